The molecule has 1 aliphatic heterocycles. The summed E-state index contributed by atoms with van der Waals surface area (Å²) >= 11 is 1.57. The van der Waals surface area contributed by atoms with Gasteiger partial charge in [-0.25, -0.2) is 5.84 Å². The zero-order valence-corrected chi connectivity index (χ0v) is 10.5. The van der Waals surface area contributed by atoms with E-state index in [9.17, 15) is 4.79 Å². The van der Waals surface area contributed by atoms with Crippen LogP contribution in [-0.2, 0) is 17.8 Å². The van der Waals surface area contributed by atoms with Crippen LogP contribution >= 0.6 is 11.8 Å². The zero-order valence-electron chi connectivity index (χ0n) is 9.69. The van der Waals surface area contributed by atoms with E-state index < -0.39 is 0 Å². The lowest BCUT2D eigenvalue weighted by Crippen LogP contribution is -2.30. The maximum Gasteiger partial charge on any atom is 0.234 e. The molecule has 94 valence electrons. The smallest absolute Gasteiger partial charge is 0.234 e. The van der Waals surface area contributed by atoms with E-state index in [0.717, 1.165) is 23.9 Å². The van der Waals surface area contributed by atoms with Crippen LogP contribution in [0.1, 0.15) is 31.5 Å². The number of nitrogens with zero attached hydrogens (tertiary/aromatic N) is 3. The number of hydrogen-bond donors (Lipinski definition) is 2. The molecule has 2 heterocycles. The summed E-state index contributed by atoms with van der Waals surface area (Å²) < 4.78 is 2.18. The van der Waals surface area contributed by atoms with Crippen molar-refractivity contribution in [2.75, 3.05) is 5.75 Å². The molecule has 0 aliphatic carbocycles. The summed E-state index contributed by atoms with van der Waals surface area (Å²) in [5.74, 6) is 6.63. The fourth-order valence-electron chi connectivity index (χ4n) is 1.87. The molecule has 3 N–H and O–H groups in total. The maximum atomic E-state index is 11.0. The van der Waals surface area contributed by atoms with Crippen molar-refractivity contribution < 1.29 is 4.79 Å². The Kier molecular flexibility index (Phi) is 4.38. The molecule has 0 saturated heterocycles. The molecule has 0 bridgehead atoms. The van der Waals surface area contributed by atoms with Gasteiger partial charge in [-0.05, 0) is 12.8 Å². The van der Waals surface area contributed by atoms with Crippen LogP contribution in [0, 0.1) is 0 Å². The normalized spacial score (nSPS) is 15.1. The third-order valence-electron chi connectivity index (χ3n) is 2.80. The average molecular weight is 255 g/mol. The number of aromatic nitrogens is 3. The highest BCUT2D eigenvalue weighted by molar-refractivity contribution is 7.99. The van der Waals surface area contributed by atoms with Gasteiger partial charge in [0.15, 0.2) is 5.16 Å². The number of carbonyl (C=O) groups is 1. The lowest BCUT2D eigenvalue weighted by molar-refractivity contribution is -0.120. The van der Waals surface area contributed by atoms with Crippen molar-refractivity contribution in [1.82, 2.24) is 20.2 Å². The molecule has 1 aromatic heterocycles. The molecule has 2 rings (SSSR count). The van der Waals surface area contributed by atoms with Gasteiger partial charge in [0.1, 0.15) is 5.82 Å². The van der Waals surface area contributed by atoms with Crippen molar-refractivity contribution in [2.24, 2.45) is 5.84 Å². The summed E-state index contributed by atoms with van der Waals surface area (Å²) in [6.07, 6.45) is 5.05. The number of carbonyl (C=O) groups excluding carboxylic acids is 1. The molecule has 7 heteroatoms. The first kappa shape index (κ1) is 12.4. The van der Waals surface area contributed by atoms with Gasteiger partial charge in [-0.3, -0.25) is 10.2 Å². The first-order valence-electron chi connectivity index (χ1n) is 5.85. The summed E-state index contributed by atoms with van der Waals surface area (Å²) in [7, 11) is 0. The molecule has 0 atom stereocenters. The third kappa shape index (κ3) is 3.19. The number of fused-ring (bicyclic) bond motifs is 1. The molecule has 0 unspecified atom stereocenters. The van der Waals surface area contributed by atoms with E-state index in [1.54, 1.807) is 11.8 Å². The number of rotatable bonds is 4. The number of hydrazine groups is 1. The molecule has 17 heavy (non-hydrogen) atoms. The minimum atomic E-state index is -0.145. The second kappa shape index (κ2) is 6.02. The van der Waals surface area contributed by atoms with Crippen LogP contribution in [0.5, 0.6) is 0 Å². The molecule has 6 nitrogen and oxygen atoms in total. The highest BCUT2D eigenvalue weighted by Crippen LogP contribution is 2.21. The topological polar surface area (TPSA) is 85.8 Å². The van der Waals surface area contributed by atoms with Crippen LogP contribution in [0.25, 0.3) is 0 Å². The van der Waals surface area contributed by atoms with Crippen LogP contribution in [0.3, 0.4) is 0 Å². The SMILES string of the molecule is NNC(=O)CCSc1nnc2n1CCCCC2. The van der Waals surface area contributed by atoms with Crippen LogP contribution in [0.4, 0.5) is 0 Å². The van der Waals surface area contributed by atoms with Gasteiger partial charge in [-0.2, -0.15) is 0 Å². The quantitative estimate of drug-likeness (QED) is 0.354. The van der Waals surface area contributed by atoms with Gasteiger partial charge < -0.3 is 4.57 Å². The predicted molar refractivity (Wildman–Crippen MR) is 65.2 cm³/mol. The summed E-state index contributed by atoms with van der Waals surface area (Å²) in [6.45, 7) is 0.994. The van der Waals surface area contributed by atoms with Crippen molar-refractivity contribution in [3.63, 3.8) is 0 Å². The monoisotopic (exact) mass is 255 g/mol. The largest absolute Gasteiger partial charge is 0.306 e. The maximum absolute atomic E-state index is 11.0. The van der Waals surface area contributed by atoms with Gasteiger partial charge in [0.2, 0.25) is 5.91 Å². The Labute approximate surface area is 104 Å². The summed E-state index contributed by atoms with van der Waals surface area (Å²) in [5.41, 5.74) is 2.12. The van der Waals surface area contributed by atoms with E-state index >= 15 is 0 Å². The van der Waals surface area contributed by atoms with E-state index in [0.29, 0.717) is 12.2 Å². The van der Waals surface area contributed by atoms with Gasteiger partial charge in [-0.1, -0.05) is 18.2 Å². The van der Waals surface area contributed by atoms with E-state index in [1.165, 1.54) is 19.3 Å². The molecule has 0 fully saturated rings. The van der Waals surface area contributed by atoms with E-state index in [4.69, 9.17) is 5.84 Å². The number of hydrogen-bond acceptors (Lipinski definition) is 5. The Hall–Kier alpha value is -1.08. The average Bonchev–Trinajstić information content (AvgIpc) is 2.59. The van der Waals surface area contributed by atoms with Crippen molar-refractivity contribution in [1.29, 1.82) is 0 Å². The van der Waals surface area contributed by atoms with Gasteiger partial charge >= 0.3 is 0 Å². The molecule has 0 radical (unpaired) electrons. The fraction of sp³-hybridized carbons (Fsp3) is 0.700. The second-order valence-electron chi connectivity index (χ2n) is 4.03. The Morgan fingerprint density at radius 3 is 3.12 bits per heavy atom. The number of nitrogens with one attached hydrogen (secondary N) is 1. The minimum absolute atomic E-state index is 0.145. The van der Waals surface area contributed by atoms with Crippen molar-refractivity contribution in [3.8, 4) is 0 Å². The number of aryl methyl sites for hydroxylation is 1. The first-order valence-corrected chi connectivity index (χ1v) is 6.84. The molecular weight excluding hydrogens is 238 g/mol. The van der Waals surface area contributed by atoms with Gasteiger partial charge in [-0.15, -0.1) is 10.2 Å². The van der Waals surface area contributed by atoms with Gasteiger partial charge in [0, 0.05) is 25.1 Å². The Morgan fingerprint density at radius 2 is 2.29 bits per heavy atom. The third-order valence-corrected chi connectivity index (χ3v) is 3.77. The number of nitrogens with two attached hydrogens (primary N) is 1. The summed E-state index contributed by atoms with van der Waals surface area (Å²) in [4.78, 5) is 11.0. The molecule has 1 aromatic rings. The molecule has 0 saturated carbocycles. The van der Waals surface area contributed by atoms with E-state index in [-0.39, 0.29) is 5.91 Å². The van der Waals surface area contributed by atoms with Crippen LogP contribution < -0.4 is 11.3 Å². The minimum Gasteiger partial charge on any atom is -0.306 e. The number of amides is 1. The number of thioether (sulfide) groups is 1. The molecular formula is C10H17N5OS. The Balaban J connectivity index is 1.92. The predicted octanol–water partition coefficient (Wildman–Crippen LogP) is 0.477. The lowest BCUT2D eigenvalue weighted by Gasteiger charge is -2.05. The van der Waals surface area contributed by atoms with E-state index in [1.807, 2.05) is 0 Å². The van der Waals surface area contributed by atoms with Crippen LogP contribution in [0.15, 0.2) is 5.16 Å². The Bertz CT molecular complexity index is 392. The lowest BCUT2D eigenvalue weighted by atomic mass is 10.2. The van der Waals surface area contributed by atoms with Gasteiger partial charge in [0.05, 0.1) is 0 Å². The molecule has 0 aromatic carbocycles. The highest BCUT2D eigenvalue weighted by Gasteiger charge is 2.14. The van der Waals surface area contributed by atoms with Crippen LogP contribution in [0.2, 0.25) is 0 Å². The van der Waals surface area contributed by atoms with Gasteiger partial charge in [0.25, 0.3) is 0 Å². The summed E-state index contributed by atoms with van der Waals surface area (Å²) in [5, 5.41) is 9.30. The zero-order chi connectivity index (χ0) is 12.1. The molecule has 1 aliphatic rings. The second-order valence-corrected chi connectivity index (χ2v) is 5.09. The summed E-state index contributed by atoms with van der Waals surface area (Å²) in [6, 6.07) is 0. The van der Waals surface area contributed by atoms with E-state index in [2.05, 4.69) is 20.2 Å². The highest BCUT2D eigenvalue weighted by atomic mass is 32.2. The van der Waals surface area contributed by atoms with Crippen molar-refractivity contribution in [3.05, 3.63) is 5.82 Å². The van der Waals surface area contributed by atoms with Crippen molar-refractivity contribution in [2.45, 2.75) is 43.8 Å². The molecule has 0 spiro atoms. The first-order chi connectivity index (χ1) is 8.31. The van der Waals surface area contributed by atoms with Crippen LogP contribution in [-0.4, -0.2) is 26.4 Å². The standard InChI is InChI=1S/C10H17N5OS/c11-12-9(16)5-7-17-10-14-13-8-4-2-1-3-6-15(8)10/h1-7,11H2,(H,12,16). The Morgan fingerprint density at radius 1 is 1.41 bits per heavy atom. The fourth-order valence-corrected chi connectivity index (χ4v) is 2.79. The molecule has 1 amide bonds. The van der Waals surface area contributed by atoms with Crippen molar-refractivity contribution >= 4 is 17.7 Å².